The molecule has 0 spiro atoms. The second kappa shape index (κ2) is 8.98. The van der Waals surface area contributed by atoms with Crippen LogP contribution in [-0.4, -0.2) is 17.6 Å². The van der Waals surface area contributed by atoms with Gasteiger partial charge < -0.3 is 10.1 Å². The van der Waals surface area contributed by atoms with Crippen LogP contribution in [0.5, 0.6) is 5.75 Å². The monoisotopic (exact) mass is 361 g/mol. The number of carbonyl (C=O) groups excluding carboxylic acids is 1. The van der Waals surface area contributed by atoms with Crippen LogP contribution in [-0.2, 0) is 11.3 Å². The van der Waals surface area contributed by atoms with Gasteiger partial charge in [0.1, 0.15) is 11.6 Å². The average molecular weight is 361 g/mol. The van der Waals surface area contributed by atoms with Crippen LogP contribution in [0.4, 0.5) is 4.39 Å². The number of ether oxygens (including phenoxy) is 1. The van der Waals surface area contributed by atoms with Gasteiger partial charge in [0, 0.05) is 6.54 Å². The molecule has 0 fully saturated rings. The minimum Gasteiger partial charge on any atom is -0.484 e. The van der Waals surface area contributed by atoms with E-state index in [1.807, 2.05) is 32.0 Å². The van der Waals surface area contributed by atoms with E-state index < -0.39 is 0 Å². The third-order valence-corrected chi connectivity index (χ3v) is 3.49. The summed E-state index contributed by atoms with van der Waals surface area (Å²) in [4.78, 5) is 11.8. The number of hydrogen-bond acceptors (Lipinski definition) is 3. The molecule has 0 unspecified atom stereocenters. The molecule has 0 radical (unpaired) electrons. The lowest BCUT2D eigenvalue weighted by Gasteiger charge is -2.12. The number of aryl methyl sites for hydroxylation is 2. The molecular weight excluding hydrogens is 341 g/mol. The van der Waals surface area contributed by atoms with Gasteiger partial charge in [0.25, 0.3) is 5.91 Å². The van der Waals surface area contributed by atoms with E-state index in [1.54, 1.807) is 12.1 Å². The fourth-order valence-electron chi connectivity index (χ4n) is 2.16. The van der Waals surface area contributed by atoms with Crippen LogP contribution in [0.15, 0.2) is 42.5 Å². The minimum absolute atomic E-state index is 0.129. The first kappa shape index (κ1) is 18.7. The summed E-state index contributed by atoms with van der Waals surface area (Å²) in [5, 5.41) is 3.16. The first-order valence-corrected chi connectivity index (χ1v) is 8.11. The quantitative estimate of drug-likeness (QED) is 0.564. The van der Waals surface area contributed by atoms with E-state index in [1.165, 1.54) is 12.1 Å². The first-order valence-electron chi connectivity index (χ1n) is 7.70. The Labute approximate surface area is 151 Å². The van der Waals surface area contributed by atoms with Gasteiger partial charge in [-0.2, -0.15) is 0 Å². The highest BCUT2D eigenvalue weighted by Crippen LogP contribution is 2.15. The summed E-state index contributed by atoms with van der Waals surface area (Å²) in [6, 6.07) is 11.8. The molecule has 1 amide bonds. The van der Waals surface area contributed by atoms with E-state index in [-0.39, 0.29) is 23.4 Å². The molecule has 0 aliphatic rings. The molecule has 0 atom stereocenters. The van der Waals surface area contributed by atoms with E-state index in [0.29, 0.717) is 12.3 Å². The minimum atomic E-state index is -0.356. The number of halogens is 1. The van der Waals surface area contributed by atoms with Gasteiger partial charge >= 0.3 is 0 Å². The third-order valence-electron chi connectivity index (χ3n) is 3.25. The lowest BCUT2D eigenvalue weighted by atomic mass is 10.1. The van der Waals surface area contributed by atoms with Crippen molar-refractivity contribution >= 4 is 23.2 Å². The van der Waals surface area contributed by atoms with Gasteiger partial charge in [0.15, 0.2) is 11.7 Å². The van der Waals surface area contributed by atoms with E-state index in [9.17, 15) is 9.18 Å². The average Bonchev–Trinajstić information content (AvgIpc) is 2.57. The van der Waals surface area contributed by atoms with Gasteiger partial charge in [-0.15, -0.1) is 0 Å². The number of hydrogen-bond donors (Lipinski definition) is 3. The highest BCUT2D eigenvalue weighted by molar-refractivity contribution is 7.80. The lowest BCUT2D eigenvalue weighted by molar-refractivity contribution is -0.123. The predicted octanol–water partition coefficient (Wildman–Crippen LogP) is 2.52. The number of benzene rings is 2. The molecule has 2 aromatic carbocycles. The second-order valence-electron chi connectivity index (χ2n) is 5.59. The van der Waals surface area contributed by atoms with Crippen LogP contribution in [0.3, 0.4) is 0 Å². The Morgan fingerprint density at radius 3 is 2.36 bits per heavy atom. The summed E-state index contributed by atoms with van der Waals surface area (Å²) in [5.41, 5.74) is 8.05. The number of rotatable bonds is 5. The SMILES string of the molecule is Cc1cc(C)cc(OCC(=O)NNC(=S)NCc2ccc(F)cc2)c1. The molecule has 0 aliphatic carbocycles. The Hall–Kier alpha value is -2.67. The van der Waals surface area contributed by atoms with Crippen molar-refractivity contribution in [2.75, 3.05) is 6.61 Å². The predicted molar refractivity (Wildman–Crippen MR) is 98.5 cm³/mol. The normalized spacial score (nSPS) is 10.0. The Morgan fingerprint density at radius 2 is 1.72 bits per heavy atom. The first-order chi connectivity index (χ1) is 11.9. The van der Waals surface area contributed by atoms with Crippen LogP contribution in [0.1, 0.15) is 16.7 Å². The molecular formula is C18H20FN3O2S. The number of nitrogens with one attached hydrogen (secondary N) is 3. The van der Waals surface area contributed by atoms with E-state index >= 15 is 0 Å². The van der Waals surface area contributed by atoms with Crippen molar-refractivity contribution in [2.24, 2.45) is 0 Å². The van der Waals surface area contributed by atoms with Crippen LogP contribution in [0.2, 0.25) is 0 Å². The summed E-state index contributed by atoms with van der Waals surface area (Å²) in [6.45, 7) is 4.22. The smallest absolute Gasteiger partial charge is 0.276 e. The summed E-state index contributed by atoms with van der Waals surface area (Å²) in [7, 11) is 0. The Balaban J connectivity index is 1.68. The number of thiocarbonyl (C=S) groups is 1. The zero-order valence-corrected chi connectivity index (χ0v) is 14.9. The molecule has 25 heavy (non-hydrogen) atoms. The Kier molecular flexibility index (Phi) is 6.71. The topological polar surface area (TPSA) is 62.4 Å². The molecule has 0 saturated carbocycles. The molecule has 7 heteroatoms. The zero-order valence-electron chi connectivity index (χ0n) is 14.1. The Morgan fingerprint density at radius 1 is 1.08 bits per heavy atom. The molecule has 5 nitrogen and oxygen atoms in total. The van der Waals surface area contributed by atoms with Crippen molar-refractivity contribution in [3.63, 3.8) is 0 Å². The highest BCUT2D eigenvalue weighted by atomic mass is 32.1. The van der Waals surface area contributed by atoms with Crippen LogP contribution in [0, 0.1) is 19.7 Å². The van der Waals surface area contributed by atoms with Crippen LogP contribution >= 0.6 is 12.2 Å². The van der Waals surface area contributed by atoms with Crippen LogP contribution < -0.4 is 20.9 Å². The number of amides is 1. The zero-order chi connectivity index (χ0) is 18.2. The fourth-order valence-corrected chi connectivity index (χ4v) is 2.28. The molecule has 0 aliphatic heterocycles. The third kappa shape index (κ3) is 6.76. The van der Waals surface area contributed by atoms with Crippen molar-refractivity contribution in [1.29, 1.82) is 0 Å². The lowest BCUT2D eigenvalue weighted by Crippen LogP contribution is -2.48. The van der Waals surface area contributed by atoms with Crippen molar-refractivity contribution in [3.8, 4) is 5.75 Å². The largest absolute Gasteiger partial charge is 0.484 e. The number of carbonyl (C=O) groups is 1. The van der Waals surface area contributed by atoms with Gasteiger partial charge in [-0.25, -0.2) is 4.39 Å². The summed E-state index contributed by atoms with van der Waals surface area (Å²) in [6.07, 6.45) is 0. The van der Waals surface area contributed by atoms with E-state index in [0.717, 1.165) is 16.7 Å². The van der Waals surface area contributed by atoms with Gasteiger partial charge in [0.2, 0.25) is 0 Å². The number of hydrazine groups is 1. The molecule has 0 saturated heterocycles. The van der Waals surface area contributed by atoms with E-state index in [2.05, 4.69) is 16.2 Å². The van der Waals surface area contributed by atoms with Gasteiger partial charge in [-0.1, -0.05) is 18.2 Å². The molecule has 0 bridgehead atoms. The summed E-state index contributed by atoms with van der Waals surface area (Å²) < 4.78 is 18.3. The summed E-state index contributed by atoms with van der Waals surface area (Å²) in [5.74, 6) is -0.00438. The van der Waals surface area contributed by atoms with Crippen molar-refractivity contribution in [3.05, 3.63) is 65.0 Å². The molecule has 132 valence electrons. The molecule has 0 aromatic heterocycles. The molecule has 2 rings (SSSR count). The van der Waals surface area contributed by atoms with Crippen LogP contribution in [0.25, 0.3) is 0 Å². The maximum atomic E-state index is 12.8. The van der Waals surface area contributed by atoms with E-state index in [4.69, 9.17) is 17.0 Å². The Bertz CT molecular complexity index is 730. The highest BCUT2D eigenvalue weighted by Gasteiger charge is 2.04. The standard InChI is InChI=1S/C18H20FN3O2S/c1-12-7-13(2)9-16(8-12)24-11-17(23)21-22-18(25)20-10-14-3-5-15(19)6-4-14/h3-9H,10-11H2,1-2H3,(H,21,23)(H2,20,22,25). The molecule has 2 aromatic rings. The van der Waals surface area contributed by atoms with Gasteiger partial charge in [-0.3, -0.25) is 15.6 Å². The molecule has 0 heterocycles. The summed E-state index contributed by atoms with van der Waals surface area (Å²) >= 11 is 5.06. The van der Waals surface area contributed by atoms with Crippen molar-refractivity contribution in [1.82, 2.24) is 16.2 Å². The fraction of sp³-hybridized carbons (Fsp3) is 0.222. The molecule has 3 N–H and O–H groups in total. The second-order valence-corrected chi connectivity index (χ2v) is 6.00. The van der Waals surface area contributed by atoms with Crippen molar-refractivity contribution < 1.29 is 13.9 Å². The maximum absolute atomic E-state index is 12.8. The maximum Gasteiger partial charge on any atom is 0.276 e. The van der Waals surface area contributed by atoms with Gasteiger partial charge in [-0.05, 0) is 67.0 Å². The van der Waals surface area contributed by atoms with Gasteiger partial charge in [0.05, 0.1) is 0 Å². The van der Waals surface area contributed by atoms with Crippen molar-refractivity contribution in [2.45, 2.75) is 20.4 Å².